The first-order valence-electron chi connectivity index (χ1n) is 8.01. The van der Waals surface area contributed by atoms with Crippen LogP contribution < -0.4 is 10.1 Å². The van der Waals surface area contributed by atoms with Gasteiger partial charge >= 0.3 is 0 Å². The van der Waals surface area contributed by atoms with Gasteiger partial charge in [-0.1, -0.05) is 33.1 Å². The molecule has 1 N–H and O–H groups in total. The highest BCUT2D eigenvalue weighted by molar-refractivity contribution is 5.96. The van der Waals surface area contributed by atoms with E-state index in [0.29, 0.717) is 24.6 Å². The van der Waals surface area contributed by atoms with E-state index in [9.17, 15) is 4.79 Å². The maximum atomic E-state index is 12.4. The van der Waals surface area contributed by atoms with Gasteiger partial charge in [0.15, 0.2) is 0 Å². The second kappa shape index (κ2) is 9.41. The number of carbonyl (C=O) groups is 1. The maximum Gasteiger partial charge on any atom is 0.256 e. The van der Waals surface area contributed by atoms with E-state index in [2.05, 4.69) is 17.2 Å². The standard InChI is InChI=1S/C17H28N2O3/c1-5-7-8-11-17(3,21-4)16(20)19-14-9-10-15(18-13-14)22-12-6-2/h9-10,13H,5-8,11-12H2,1-4H3,(H,19,20)/t17-/m0/s1. The minimum absolute atomic E-state index is 0.143. The highest BCUT2D eigenvalue weighted by Gasteiger charge is 2.32. The highest BCUT2D eigenvalue weighted by Crippen LogP contribution is 2.21. The first-order valence-corrected chi connectivity index (χ1v) is 8.01. The molecule has 1 atom stereocenters. The van der Waals surface area contributed by atoms with Crippen LogP contribution in [0.2, 0.25) is 0 Å². The molecule has 0 saturated heterocycles. The number of ether oxygens (including phenoxy) is 2. The molecule has 5 nitrogen and oxygen atoms in total. The van der Waals surface area contributed by atoms with E-state index in [0.717, 1.165) is 25.7 Å². The number of carbonyl (C=O) groups excluding carboxylic acids is 1. The van der Waals surface area contributed by atoms with Gasteiger partial charge in [0.1, 0.15) is 5.60 Å². The van der Waals surface area contributed by atoms with Gasteiger partial charge in [0.05, 0.1) is 18.5 Å². The molecule has 0 fully saturated rings. The van der Waals surface area contributed by atoms with Crippen LogP contribution in [0.15, 0.2) is 18.3 Å². The van der Waals surface area contributed by atoms with Gasteiger partial charge in [-0.05, 0) is 25.8 Å². The molecule has 0 aromatic carbocycles. The van der Waals surface area contributed by atoms with E-state index < -0.39 is 5.60 Å². The molecule has 1 heterocycles. The Morgan fingerprint density at radius 2 is 2.05 bits per heavy atom. The van der Waals surface area contributed by atoms with Gasteiger partial charge in [0.25, 0.3) is 5.91 Å². The van der Waals surface area contributed by atoms with Gasteiger partial charge in [0, 0.05) is 13.2 Å². The number of unbranched alkanes of at least 4 members (excludes halogenated alkanes) is 2. The van der Waals surface area contributed by atoms with E-state index in [1.165, 1.54) is 0 Å². The lowest BCUT2D eigenvalue weighted by Crippen LogP contribution is -2.42. The van der Waals surface area contributed by atoms with Gasteiger partial charge in [-0.15, -0.1) is 0 Å². The van der Waals surface area contributed by atoms with Crippen LogP contribution >= 0.6 is 0 Å². The molecule has 0 aliphatic rings. The predicted molar refractivity (Wildman–Crippen MR) is 88.2 cm³/mol. The minimum Gasteiger partial charge on any atom is -0.478 e. The van der Waals surface area contributed by atoms with E-state index >= 15 is 0 Å². The number of nitrogens with zero attached hydrogens (tertiary/aromatic N) is 1. The van der Waals surface area contributed by atoms with Crippen molar-refractivity contribution in [3.63, 3.8) is 0 Å². The Hall–Kier alpha value is -1.62. The summed E-state index contributed by atoms with van der Waals surface area (Å²) in [6.07, 6.45) is 6.42. The summed E-state index contributed by atoms with van der Waals surface area (Å²) in [4.78, 5) is 16.6. The number of hydrogen-bond donors (Lipinski definition) is 1. The van der Waals surface area contributed by atoms with E-state index in [-0.39, 0.29) is 5.91 Å². The number of methoxy groups -OCH3 is 1. The average molecular weight is 308 g/mol. The van der Waals surface area contributed by atoms with Crippen LogP contribution in [0, 0.1) is 0 Å². The predicted octanol–water partition coefficient (Wildman–Crippen LogP) is 3.79. The molecule has 0 bridgehead atoms. The smallest absolute Gasteiger partial charge is 0.256 e. The zero-order chi connectivity index (χ0) is 16.4. The average Bonchev–Trinajstić information content (AvgIpc) is 2.54. The molecule has 1 rings (SSSR count). The van der Waals surface area contributed by atoms with Gasteiger partial charge in [-0.25, -0.2) is 4.98 Å². The van der Waals surface area contributed by atoms with Crippen LogP contribution in [-0.2, 0) is 9.53 Å². The van der Waals surface area contributed by atoms with Crippen molar-refractivity contribution in [3.05, 3.63) is 18.3 Å². The number of rotatable bonds is 10. The van der Waals surface area contributed by atoms with Gasteiger partial charge in [0.2, 0.25) is 5.88 Å². The molecule has 124 valence electrons. The van der Waals surface area contributed by atoms with E-state index in [4.69, 9.17) is 9.47 Å². The lowest BCUT2D eigenvalue weighted by molar-refractivity contribution is -0.136. The third-order valence-corrected chi connectivity index (χ3v) is 3.64. The Morgan fingerprint density at radius 3 is 2.59 bits per heavy atom. The second-order valence-electron chi connectivity index (χ2n) is 5.58. The van der Waals surface area contributed by atoms with E-state index in [1.54, 1.807) is 25.4 Å². The largest absolute Gasteiger partial charge is 0.478 e. The van der Waals surface area contributed by atoms with Crippen molar-refractivity contribution >= 4 is 11.6 Å². The number of nitrogens with one attached hydrogen (secondary N) is 1. The lowest BCUT2D eigenvalue weighted by atomic mass is 9.97. The Balaban J connectivity index is 2.61. The van der Waals surface area contributed by atoms with Crippen molar-refractivity contribution in [3.8, 4) is 5.88 Å². The topological polar surface area (TPSA) is 60.5 Å². The molecule has 0 radical (unpaired) electrons. The van der Waals surface area contributed by atoms with E-state index in [1.807, 2.05) is 13.8 Å². The number of anilines is 1. The molecule has 5 heteroatoms. The van der Waals surface area contributed by atoms with Crippen LogP contribution in [0.1, 0.15) is 52.9 Å². The molecule has 0 saturated carbocycles. The number of hydrogen-bond acceptors (Lipinski definition) is 4. The third kappa shape index (κ3) is 5.64. The SMILES string of the molecule is CCCCC[C@](C)(OC)C(=O)Nc1ccc(OCCC)nc1. The van der Waals surface area contributed by atoms with Gasteiger partial charge < -0.3 is 14.8 Å². The Labute approximate surface area is 133 Å². The van der Waals surface area contributed by atoms with Crippen LogP contribution in [0.4, 0.5) is 5.69 Å². The summed E-state index contributed by atoms with van der Waals surface area (Å²) in [7, 11) is 1.57. The van der Waals surface area contributed by atoms with Crippen LogP contribution in [0.25, 0.3) is 0 Å². The first kappa shape index (κ1) is 18.4. The molecule has 0 aliphatic carbocycles. The van der Waals surface area contributed by atoms with Crippen molar-refractivity contribution in [1.29, 1.82) is 0 Å². The summed E-state index contributed by atoms with van der Waals surface area (Å²) in [6.45, 7) is 6.64. The molecule has 0 unspecified atom stereocenters. The summed E-state index contributed by atoms with van der Waals surface area (Å²) < 4.78 is 10.9. The van der Waals surface area contributed by atoms with Crippen molar-refractivity contribution in [2.45, 2.75) is 58.5 Å². The molecule has 22 heavy (non-hydrogen) atoms. The molecule has 1 aromatic heterocycles. The molecular formula is C17H28N2O3. The fraction of sp³-hybridized carbons (Fsp3) is 0.647. The number of amides is 1. The highest BCUT2D eigenvalue weighted by atomic mass is 16.5. The Bertz CT molecular complexity index is 448. The zero-order valence-electron chi connectivity index (χ0n) is 14.1. The molecule has 0 aliphatic heterocycles. The maximum absolute atomic E-state index is 12.4. The summed E-state index contributed by atoms with van der Waals surface area (Å²) in [6, 6.07) is 3.55. The molecule has 1 amide bonds. The molecule has 0 spiro atoms. The fourth-order valence-corrected chi connectivity index (χ4v) is 2.03. The monoisotopic (exact) mass is 308 g/mol. The summed E-state index contributed by atoms with van der Waals surface area (Å²) >= 11 is 0. The van der Waals surface area contributed by atoms with Gasteiger partial charge in [-0.3, -0.25) is 4.79 Å². The van der Waals surface area contributed by atoms with Crippen molar-refractivity contribution in [2.24, 2.45) is 0 Å². The summed E-state index contributed by atoms with van der Waals surface area (Å²) in [5.41, 5.74) is -0.167. The first-order chi connectivity index (χ1) is 10.6. The quantitative estimate of drug-likeness (QED) is 0.668. The van der Waals surface area contributed by atoms with Crippen molar-refractivity contribution in [2.75, 3.05) is 19.0 Å². The minimum atomic E-state index is -0.813. The van der Waals surface area contributed by atoms with Crippen molar-refractivity contribution < 1.29 is 14.3 Å². The van der Waals surface area contributed by atoms with Crippen molar-refractivity contribution in [1.82, 2.24) is 4.98 Å². The van der Waals surface area contributed by atoms with Crippen LogP contribution in [-0.4, -0.2) is 30.2 Å². The number of pyridine rings is 1. The second-order valence-corrected chi connectivity index (χ2v) is 5.58. The Kier molecular flexibility index (Phi) is 7.88. The molecule has 1 aromatic rings. The normalized spacial score (nSPS) is 13.5. The van der Waals surface area contributed by atoms with Gasteiger partial charge in [-0.2, -0.15) is 0 Å². The third-order valence-electron chi connectivity index (χ3n) is 3.64. The fourth-order valence-electron chi connectivity index (χ4n) is 2.03. The van der Waals surface area contributed by atoms with Crippen LogP contribution in [0.3, 0.4) is 0 Å². The summed E-state index contributed by atoms with van der Waals surface area (Å²) in [5.74, 6) is 0.424. The lowest BCUT2D eigenvalue weighted by Gasteiger charge is -2.26. The Morgan fingerprint density at radius 1 is 1.27 bits per heavy atom. The zero-order valence-corrected chi connectivity index (χ0v) is 14.1. The van der Waals surface area contributed by atoms with Crippen LogP contribution in [0.5, 0.6) is 5.88 Å². The summed E-state index contributed by atoms with van der Waals surface area (Å²) in [5, 5.41) is 2.86. The molecular weight excluding hydrogens is 280 g/mol. The number of aromatic nitrogens is 1.